The van der Waals surface area contributed by atoms with E-state index in [1.807, 2.05) is 13.8 Å². The number of aryl methyl sites for hydroxylation is 1. The number of nitrogens with one attached hydrogen (secondary N) is 1. The van der Waals surface area contributed by atoms with Crippen molar-refractivity contribution in [3.8, 4) is 0 Å². The van der Waals surface area contributed by atoms with Gasteiger partial charge < -0.3 is 11.1 Å². The van der Waals surface area contributed by atoms with Gasteiger partial charge >= 0.3 is 0 Å². The number of benzene rings is 1. The molecule has 1 heterocycles. The molecule has 1 aromatic heterocycles. The van der Waals surface area contributed by atoms with Crippen LogP contribution in [0.5, 0.6) is 0 Å². The Labute approximate surface area is 128 Å². The molecule has 2 aromatic rings. The smallest absolute Gasteiger partial charge is 0.223 e. The molecule has 0 radical (unpaired) electrons. The predicted octanol–water partition coefficient (Wildman–Crippen LogP) is 2.60. The highest BCUT2D eigenvalue weighted by Crippen LogP contribution is 2.10. The Hall–Kier alpha value is -2.08. The van der Waals surface area contributed by atoms with Crippen LogP contribution >= 0.6 is 12.2 Å². The van der Waals surface area contributed by atoms with Gasteiger partial charge in [-0.05, 0) is 44.0 Å². The van der Waals surface area contributed by atoms with Gasteiger partial charge in [-0.15, -0.1) is 0 Å². The molecule has 1 unspecified atom stereocenters. The van der Waals surface area contributed by atoms with Crippen LogP contribution in [-0.2, 0) is 6.42 Å². The minimum absolute atomic E-state index is 0.0939. The van der Waals surface area contributed by atoms with Crippen LogP contribution in [0.1, 0.15) is 23.9 Å². The van der Waals surface area contributed by atoms with E-state index >= 15 is 0 Å². The quantitative estimate of drug-likeness (QED) is 0.831. The maximum atomic E-state index is 12.9. The Morgan fingerprint density at radius 2 is 2.00 bits per heavy atom. The van der Waals surface area contributed by atoms with Gasteiger partial charge in [0.05, 0.1) is 0 Å². The van der Waals surface area contributed by atoms with Crippen LogP contribution in [0.15, 0.2) is 30.3 Å². The first-order valence-corrected chi connectivity index (χ1v) is 7.01. The van der Waals surface area contributed by atoms with E-state index in [9.17, 15) is 4.39 Å². The SMILES string of the molecule is Cc1cc(C(N)=S)nc(NC(C)Cc2ccc(F)cc2)n1. The molecule has 4 nitrogen and oxygen atoms in total. The van der Waals surface area contributed by atoms with Crippen molar-refractivity contribution in [3.05, 3.63) is 53.1 Å². The minimum atomic E-state index is -0.234. The predicted molar refractivity (Wildman–Crippen MR) is 85.8 cm³/mol. The number of thiocarbonyl (C=S) groups is 1. The fraction of sp³-hybridized carbons (Fsp3) is 0.267. The first-order valence-electron chi connectivity index (χ1n) is 6.60. The summed E-state index contributed by atoms with van der Waals surface area (Å²) in [5.41, 5.74) is 7.98. The summed E-state index contributed by atoms with van der Waals surface area (Å²) in [6, 6.07) is 8.29. The van der Waals surface area contributed by atoms with Gasteiger partial charge in [-0.25, -0.2) is 14.4 Å². The molecule has 0 saturated heterocycles. The molecule has 0 aliphatic rings. The molecular weight excluding hydrogens is 287 g/mol. The maximum Gasteiger partial charge on any atom is 0.223 e. The van der Waals surface area contributed by atoms with Crippen molar-refractivity contribution in [2.24, 2.45) is 5.73 Å². The Morgan fingerprint density at radius 1 is 1.33 bits per heavy atom. The molecule has 21 heavy (non-hydrogen) atoms. The molecule has 0 fully saturated rings. The van der Waals surface area contributed by atoms with Gasteiger partial charge in [0.1, 0.15) is 16.5 Å². The molecule has 0 aliphatic heterocycles. The average molecular weight is 304 g/mol. The van der Waals surface area contributed by atoms with Gasteiger partial charge in [-0.1, -0.05) is 24.4 Å². The van der Waals surface area contributed by atoms with Crippen molar-refractivity contribution in [1.82, 2.24) is 9.97 Å². The molecule has 6 heteroatoms. The van der Waals surface area contributed by atoms with Crippen LogP contribution in [-0.4, -0.2) is 21.0 Å². The number of anilines is 1. The molecule has 0 aliphatic carbocycles. The molecule has 1 aromatic carbocycles. The van der Waals surface area contributed by atoms with Gasteiger partial charge in [0, 0.05) is 11.7 Å². The van der Waals surface area contributed by atoms with E-state index in [1.54, 1.807) is 18.2 Å². The molecule has 0 amide bonds. The van der Waals surface area contributed by atoms with Crippen LogP contribution < -0.4 is 11.1 Å². The molecule has 3 N–H and O–H groups in total. The average Bonchev–Trinajstić information content (AvgIpc) is 2.40. The van der Waals surface area contributed by atoms with E-state index in [2.05, 4.69) is 15.3 Å². The molecule has 1 atom stereocenters. The van der Waals surface area contributed by atoms with Crippen LogP contribution in [0.3, 0.4) is 0 Å². The molecule has 0 bridgehead atoms. The third kappa shape index (κ3) is 4.46. The van der Waals surface area contributed by atoms with Crippen molar-refractivity contribution in [2.75, 3.05) is 5.32 Å². The highest BCUT2D eigenvalue weighted by Gasteiger charge is 2.08. The molecule has 110 valence electrons. The largest absolute Gasteiger partial charge is 0.388 e. The van der Waals surface area contributed by atoms with Crippen LogP contribution in [0.2, 0.25) is 0 Å². The number of hydrogen-bond donors (Lipinski definition) is 2. The second-order valence-electron chi connectivity index (χ2n) is 4.96. The highest BCUT2D eigenvalue weighted by molar-refractivity contribution is 7.80. The van der Waals surface area contributed by atoms with Crippen LogP contribution in [0.25, 0.3) is 0 Å². The second-order valence-corrected chi connectivity index (χ2v) is 5.40. The van der Waals surface area contributed by atoms with Crippen molar-refractivity contribution >= 4 is 23.2 Å². The summed E-state index contributed by atoms with van der Waals surface area (Å²) in [5, 5.41) is 3.21. The van der Waals surface area contributed by atoms with E-state index in [4.69, 9.17) is 18.0 Å². The lowest BCUT2D eigenvalue weighted by Crippen LogP contribution is -2.21. The lowest BCUT2D eigenvalue weighted by molar-refractivity contribution is 0.626. The number of rotatable bonds is 5. The highest BCUT2D eigenvalue weighted by atomic mass is 32.1. The summed E-state index contributed by atoms with van der Waals surface area (Å²) in [6.07, 6.45) is 0.736. The maximum absolute atomic E-state index is 12.9. The first kappa shape index (κ1) is 15.3. The van der Waals surface area contributed by atoms with E-state index in [1.165, 1.54) is 12.1 Å². The van der Waals surface area contributed by atoms with Gasteiger partial charge in [0.2, 0.25) is 5.95 Å². The topological polar surface area (TPSA) is 63.8 Å². The van der Waals surface area contributed by atoms with Gasteiger partial charge in [-0.2, -0.15) is 0 Å². The summed E-state index contributed by atoms with van der Waals surface area (Å²) in [7, 11) is 0. The van der Waals surface area contributed by atoms with Crippen molar-refractivity contribution in [1.29, 1.82) is 0 Å². The van der Waals surface area contributed by atoms with E-state index in [0.717, 1.165) is 17.7 Å². The summed E-state index contributed by atoms with van der Waals surface area (Å²) in [6.45, 7) is 3.87. The zero-order valence-corrected chi connectivity index (χ0v) is 12.7. The second kappa shape index (κ2) is 6.58. The van der Waals surface area contributed by atoms with Crippen LogP contribution in [0, 0.1) is 12.7 Å². The Morgan fingerprint density at radius 3 is 2.62 bits per heavy atom. The lowest BCUT2D eigenvalue weighted by Gasteiger charge is -2.15. The van der Waals surface area contributed by atoms with E-state index < -0.39 is 0 Å². The lowest BCUT2D eigenvalue weighted by atomic mass is 10.1. The van der Waals surface area contributed by atoms with Gasteiger partial charge in [-0.3, -0.25) is 0 Å². The Kier molecular flexibility index (Phi) is 4.80. The van der Waals surface area contributed by atoms with Crippen molar-refractivity contribution in [3.63, 3.8) is 0 Å². The van der Waals surface area contributed by atoms with Crippen molar-refractivity contribution < 1.29 is 4.39 Å². The Bertz CT molecular complexity index is 643. The van der Waals surface area contributed by atoms with Gasteiger partial charge in [0.25, 0.3) is 0 Å². The monoisotopic (exact) mass is 304 g/mol. The van der Waals surface area contributed by atoms with E-state index in [0.29, 0.717) is 11.6 Å². The number of halogens is 1. The van der Waals surface area contributed by atoms with Gasteiger partial charge in [0.15, 0.2) is 0 Å². The molecule has 0 saturated carbocycles. The molecule has 2 rings (SSSR count). The third-order valence-corrected chi connectivity index (χ3v) is 3.15. The number of nitrogens with two attached hydrogens (primary N) is 1. The normalized spacial score (nSPS) is 12.0. The standard InChI is InChI=1S/C15H17FN4S/c1-9(7-11-3-5-12(16)6-4-11)18-15-19-10(2)8-13(20-15)14(17)21/h3-6,8-9H,7H2,1-2H3,(H2,17,21)(H,18,19,20). The van der Waals surface area contributed by atoms with Crippen LogP contribution in [0.4, 0.5) is 10.3 Å². The Balaban J connectivity index is 2.07. The summed E-state index contributed by atoms with van der Waals surface area (Å²) in [5.74, 6) is 0.259. The zero-order chi connectivity index (χ0) is 15.4. The number of hydrogen-bond acceptors (Lipinski definition) is 4. The molecular formula is C15H17FN4S. The number of aromatic nitrogens is 2. The third-order valence-electron chi connectivity index (χ3n) is 2.94. The summed E-state index contributed by atoms with van der Waals surface area (Å²) in [4.78, 5) is 8.84. The fourth-order valence-electron chi connectivity index (χ4n) is 2.00. The van der Waals surface area contributed by atoms with Crippen molar-refractivity contribution in [2.45, 2.75) is 26.3 Å². The summed E-state index contributed by atoms with van der Waals surface area (Å²) < 4.78 is 12.9. The first-order chi connectivity index (χ1) is 9.94. The zero-order valence-electron chi connectivity index (χ0n) is 11.9. The fourth-order valence-corrected chi connectivity index (χ4v) is 2.11. The van der Waals surface area contributed by atoms with E-state index in [-0.39, 0.29) is 16.8 Å². The minimum Gasteiger partial charge on any atom is -0.388 e. The summed E-state index contributed by atoms with van der Waals surface area (Å²) >= 11 is 4.94. The number of nitrogens with zero attached hydrogens (tertiary/aromatic N) is 2. The molecule has 0 spiro atoms.